The summed E-state index contributed by atoms with van der Waals surface area (Å²) in [4.78, 5) is 12.0. The lowest BCUT2D eigenvalue weighted by Gasteiger charge is -2.09. The molecule has 1 fully saturated rings. The number of aromatic nitrogens is 2. The van der Waals surface area contributed by atoms with Crippen LogP contribution in [0.3, 0.4) is 0 Å². The second-order valence-corrected chi connectivity index (χ2v) is 5.90. The molecule has 2 heterocycles. The predicted molar refractivity (Wildman–Crippen MR) is 85.4 cm³/mol. The van der Waals surface area contributed by atoms with Crippen LogP contribution in [0.15, 0.2) is 30.5 Å². The normalized spacial score (nSPS) is 17.6. The van der Waals surface area contributed by atoms with E-state index in [0.29, 0.717) is 29.0 Å². The van der Waals surface area contributed by atoms with Crippen molar-refractivity contribution < 1.29 is 9.53 Å². The van der Waals surface area contributed by atoms with E-state index < -0.39 is 0 Å². The predicted octanol–water partition coefficient (Wildman–Crippen LogP) is 3.36. The molecule has 1 aromatic carbocycles. The molecular weight excluding hydrogens is 325 g/mol. The Hall–Kier alpha value is -1.56. The molecule has 22 heavy (non-hydrogen) atoms. The lowest BCUT2D eigenvalue weighted by Crippen LogP contribution is -2.27. The van der Waals surface area contributed by atoms with Crippen molar-refractivity contribution in [2.24, 2.45) is 0 Å². The fourth-order valence-electron chi connectivity index (χ4n) is 2.35. The van der Waals surface area contributed by atoms with Gasteiger partial charge in [0.15, 0.2) is 5.82 Å². The Morgan fingerprint density at radius 2 is 2.14 bits per heavy atom. The van der Waals surface area contributed by atoms with Gasteiger partial charge < -0.3 is 10.1 Å². The van der Waals surface area contributed by atoms with Gasteiger partial charge in [-0.15, -0.1) is 0 Å². The van der Waals surface area contributed by atoms with Crippen LogP contribution >= 0.6 is 23.2 Å². The lowest BCUT2D eigenvalue weighted by molar-refractivity contribution is -0.124. The van der Waals surface area contributed by atoms with E-state index in [1.54, 1.807) is 35.1 Å². The quantitative estimate of drug-likeness (QED) is 0.929. The first kappa shape index (κ1) is 15.3. The van der Waals surface area contributed by atoms with Crippen molar-refractivity contribution >= 4 is 34.9 Å². The topological polar surface area (TPSA) is 56.2 Å². The summed E-state index contributed by atoms with van der Waals surface area (Å²) >= 11 is 12.3. The molecule has 0 unspecified atom stereocenters. The van der Waals surface area contributed by atoms with Gasteiger partial charge in [-0.3, -0.25) is 9.48 Å². The highest BCUT2D eigenvalue weighted by Crippen LogP contribution is 2.25. The molecule has 1 amide bonds. The molecule has 1 aliphatic heterocycles. The van der Waals surface area contributed by atoms with Crippen molar-refractivity contribution in [2.75, 3.05) is 11.9 Å². The first-order valence-corrected chi connectivity index (χ1v) is 7.78. The molecule has 1 atom stereocenters. The van der Waals surface area contributed by atoms with E-state index in [2.05, 4.69) is 10.4 Å². The molecule has 0 radical (unpaired) electrons. The number of carbonyl (C=O) groups excluding carboxylic acids is 1. The van der Waals surface area contributed by atoms with Gasteiger partial charge in [-0.2, -0.15) is 5.10 Å². The van der Waals surface area contributed by atoms with E-state index >= 15 is 0 Å². The van der Waals surface area contributed by atoms with Crippen LogP contribution in [0.4, 0.5) is 5.82 Å². The molecule has 116 valence electrons. The molecule has 1 aliphatic rings. The van der Waals surface area contributed by atoms with Crippen LogP contribution in [-0.4, -0.2) is 28.4 Å². The first-order chi connectivity index (χ1) is 10.6. The number of rotatable bonds is 4. The molecule has 0 aliphatic carbocycles. The number of hydrogen-bond acceptors (Lipinski definition) is 3. The number of benzene rings is 1. The number of anilines is 1. The Kier molecular flexibility index (Phi) is 4.66. The number of nitrogens with one attached hydrogen (secondary N) is 1. The minimum atomic E-state index is -0.372. The number of amides is 1. The van der Waals surface area contributed by atoms with Crippen molar-refractivity contribution in [3.63, 3.8) is 0 Å². The Morgan fingerprint density at radius 3 is 2.82 bits per heavy atom. The summed E-state index contributed by atoms with van der Waals surface area (Å²) in [6, 6.07) is 7.10. The monoisotopic (exact) mass is 339 g/mol. The van der Waals surface area contributed by atoms with E-state index in [-0.39, 0.29) is 12.0 Å². The summed E-state index contributed by atoms with van der Waals surface area (Å²) in [6.07, 6.45) is 3.06. The summed E-state index contributed by atoms with van der Waals surface area (Å²) in [6.45, 7) is 1.08. The minimum absolute atomic E-state index is 0.154. The summed E-state index contributed by atoms with van der Waals surface area (Å²) in [5.74, 6) is 0.335. The minimum Gasteiger partial charge on any atom is -0.368 e. The standard InChI is InChI=1S/C15H15Cl2N3O2/c16-11-3-1-4-12(17)10(11)9-20-7-6-14(19-20)18-15(21)13-5-2-8-22-13/h1,3-4,6-7,13H,2,5,8-9H2,(H,18,19,21)/t13-/m1/s1. The van der Waals surface area contributed by atoms with Gasteiger partial charge >= 0.3 is 0 Å². The van der Waals surface area contributed by atoms with Crippen LogP contribution in [0.25, 0.3) is 0 Å². The zero-order chi connectivity index (χ0) is 15.5. The van der Waals surface area contributed by atoms with Gasteiger partial charge in [0.05, 0.1) is 6.54 Å². The maximum absolute atomic E-state index is 12.0. The maximum Gasteiger partial charge on any atom is 0.254 e. The number of carbonyl (C=O) groups is 1. The smallest absolute Gasteiger partial charge is 0.254 e. The van der Waals surface area contributed by atoms with E-state index in [1.165, 1.54) is 0 Å². The van der Waals surface area contributed by atoms with Gasteiger partial charge in [0.1, 0.15) is 6.10 Å². The van der Waals surface area contributed by atoms with Crippen LogP contribution in [0.2, 0.25) is 10.0 Å². The number of hydrogen-bond donors (Lipinski definition) is 1. The summed E-state index contributed by atoms with van der Waals surface area (Å²) in [5, 5.41) is 8.25. The number of nitrogens with zero attached hydrogens (tertiary/aromatic N) is 2. The van der Waals surface area contributed by atoms with E-state index in [4.69, 9.17) is 27.9 Å². The highest BCUT2D eigenvalue weighted by molar-refractivity contribution is 6.35. The average Bonchev–Trinajstić information content (AvgIpc) is 3.15. The molecule has 1 aromatic heterocycles. The molecule has 0 saturated carbocycles. The Balaban J connectivity index is 1.67. The lowest BCUT2D eigenvalue weighted by atomic mass is 10.2. The summed E-state index contributed by atoms with van der Waals surface area (Å²) in [5.41, 5.74) is 0.797. The third-order valence-electron chi connectivity index (χ3n) is 3.50. The van der Waals surface area contributed by atoms with E-state index in [1.807, 2.05) is 0 Å². The Labute approximate surface area is 138 Å². The molecule has 0 spiro atoms. The molecule has 1 saturated heterocycles. The van der Waals surface area contributed by atoms with Gasteiger partial charge in [-0.1, -0.05) is 29.3 Å². The largest absolute Gasteiger partial charge is 0.368 e. The fraction of sp³-hybridized carbons (Fsp3) is 0.333. The van der Waals surface area contributed by atoms with Gasteiger partial charge in [0, 0.05) is 34.5 Å². The maximum atomic E-state index is 12.0. The molecule has 5 nitrogen and oxygen atoms in total. The third-order valence-corrected chi connectivity index (χ3v) is 4.20. The second-order valence-electron chi connectivity index (χ2n) is 5.09. The molecule has 7 heteroatoms. The molecule has 3 rings (SSSR count). The molecule has 0 bridgehead atoms. The van der Waals surface area contributed by atoms with Crippen LogP contribution in [0.5, 0.6) is 0 Å². The van der Waals surface area contributed by atoms with Crippen LogP contribution in [0, 0.1) is 0 Å². The van der Waals surface area contributed by atoms with Crippen molar-refractivity contribution in [1.29, 1.82) is 0 Å². The van der Waals surface area contributed by atoms with Crippen LogP contribution < -0.4 is 5.32 Å². The zero-order valence-corrected chi connectivity index (χ0v) is 13.3. The van der Waals surface area contributed by atoms with Crippen molar-refractivity contribution in [3.8, 4) is 0 Å². The summed E-state index contributed by atoms with van der Waals surface area (Å²) < 4.78 is 7.02. The highest BCUT2D eigenvalue weighted by Gasteiger charge is 2.24. The SMILES string of the molecule is O=C(Nc1ccn(Cc2c(Cl)cccc2Cl)n1)[C@H]1CCCO1. The second kappa shape index (κ2) is 6.69. The summed E-state index contributed by atoms with van der Waals surface area (Å²) in [7, 11) is 0. The fourth-order valence-corrected chi connectivity index (χ4v) is 2.87. The van der Waals surface area contributed by atoms with Gasteiger partial charge in [-0.25, -0.2) is 0 Å². The van der Waals surface area contributed by atoms with Crippen molar-refractivity contribution in [1.82, 2.24) is 9.78 Å². The highest BCUT2D eigenvalue weighted by atomic mass is 35.5. The molecule has 1 N–H and O–H groups in total. The number of halogens is 2. The van der Waals surface area contributed by atoms with E-state index in [0.717, 1.165) is 18.4 Å². The van der Waals surface area contributed by atoms with Crippen molar-refractivity contribution in [2.45, 2.75) is 25.5 Å². The van der Waals surface area contributed by atoms with Gasteiger partial charge in [0.25, 0.3) is 5.91 Å². The zero-order valence-electron chi connectivity index (χ0n) is 11.8. The van der Waals surface area contributed by atoms with Gasteiger partial charge in [0.2, 0.25) is 0 Å². The van der Waals surface area contributed by atoms with E-state index in [9.17, 15) is 4.79 Å². The molecule has 2 aromatic rings. The van der Waals surface area contributed by atoms with Crippen LogP contribution in [-0.2, 0) is 16.1 Å². The van der Waals surface area contributed by atoms with Gasteiger partial charge in [-0.05, 0) is 25.0 Å². The average molecular weight is 340 g/mol. The third kappa shape index (κ3) is 3.43. The van der Waals surface area contributed by atoms with Crippen molar-refractivity contribution in [3.05, 3.63) is 46.1 Å². The molecular formula is C15H15Cl2N3O2. The Bertz CT molecular complexity index is 661. The first-order valence-electron chi connectivity index (χ1n) is 7.02. The Morgan fingerprint density at radius 1 is 1.36 bits per heavy atom. The number of ether oxygens (including phenoxy) is 1. The van der Waals surface area contributed by atoms with Crippen LogP contribution in [0.1, 0.15) is 18.4 Å².